The lowest BCUT2D eigenvalue weighted by Gasteiger charge is -2.33. The Hall–Kier alpha value is -1.70. The van der Waals surface area contributed by atoms with Gasteiger partial charge >= 0.3 is 11.9 Å². The lowest BCUT2D eigenvalue weighted by atomic mass is 9.79. The molecule has 5 aliphatic rings. The van der Waals surface area contributed by atoms with E-state index in [0.717, 1.165) is 18.4 Å². The van der Waals surface area contributed by atoms with E-state index in [4.69, 9.17) is 18.9 Å². The Morgan fingerprint density at radius 3 is 2.96 bits per heavy atom. The van der Waals surface area contributed by atoms with E-state index in [1.165, 1.54) is 0 Å². The summed E-state index contributed by atoms with van der Waals surface area (Å²) >= 11 is 0. The van der Waals surface area contributed by atoms with Gasteiger partial charge in [-0.2, -0.15) is 0 Å². The van der Waals surface area contributed by atoms with Gasteiger partial charge in [0.1, 0.15) is 17.8 Å². The molecule has 2 bridgehead atoms. The van der Waals surface area contributed by atoms with Crippen LogP contribution in [0.3, 0.4) is 0 Å². The molecule has 7 atom stereocenters. The summed E-state index contributed by atoms with van der Waals surface area (Å²) in [5.41, 5.74) is 0.328. The van der Waals surface area contributed by atoms with E-state index < -0.39 is 36.0 Å². The minimum atomic E-state index is -1.10. The third kappa shape index (κ3) is 2.78. The average Bonchev–Trinajstić information content (AvgIpc) is 3.20. The molecule has 0 amide bonds. The molecule has 0 radical (unpaired) electrons. The van der Waals surface area contributed by atoms with Gasteiger partial charge in [-0.25, -0.2) is 4.79 Å². The number of hydrogen-bond donors (Lipinski definition) is 1. The normalized spacial score (nSPS) is 46.1. The molecule has 3 fully saturated rings. The highest BCUT2D eigenvalue weighted by molar-refractivity contribution is 5.87. The number of hydrogen-bond acceptors (Lipinski definition) is 7. The zero-order valence-electron chi connectivity index (χ0n) is 15.0. The van der Waals surface area contributed by atoms with Gasteiger partial charge in [-0.3, -0.25) is 4.79 Å². The van der Waals surface area contributed by atoms with E-state index in [-0.39, 0.29) is 36.6 Å². The SMILES string of the molecule is C=C(C)C(=O)O[C@H]1C[C@@]23O[C@@H]2CC/C(=C/[C@H]2OC(=O)[C@@H](C)[C@H]12)CO[C@@H]3O. The molecule has 0 unspecified atom stereocenters. The van der Waals surface area contributed by atoms with Gasteiger partial charge in [0.15, 0.2) is 6.29 Å². The summed E-state index contributed by atoms with van der Waals surface area (Å²) in [5, 5.41) is 10.5. The molecule has 0 aromatic rings. The van der Waals surface area contributed by atoms with Crippen LogP contribution in [-0.4, -0.2) is 53.9 Å². The Morgan fingerprint density at radius 1 is 1.46 bits per heavy atom. The Morgan fingerprint density at radius 2 is 2.23 bits per heavy atom. The average molecular weight is 364 g/mol. The molecule has 26 heavy (non-hydrogen) atoms. The van der Waals surface area contributed by atoms with Crippen LogP contribution in [0.4, 0.5) is 0 Å². The molecule has 142 valence electrons. The molecule has 1 N–H and O–H groups in total. The molecule has 1 spiro atoms. The van der Waals surface area contributed by atoms with Crippen LogP contribution in [0, 0.1) is 11.8 Å². The van der Waals surface area contributed by atoms with E-state index in [9.17, 15) is 14.7 Å². The number of esters is 2. The number of aliphatic hydroxyl groups is 1. The van der Waals surface area contributed by atoms with Crippen molar-refractivity contribution in [3.05, 3.63) is 23.8 Å². The largest absolute Gasteiger partial charge is 0.458 e. The van der Waals surface area contributed by atoms with Gasteiger partial charge in [-0.1, -0.05) is 13.5 Å². The summed E-state index contributed by atoms with van der Waals surface area (Å²) in [6, 6.07) is 0. The molecule has 4 aliphatic heterocycles. The minimum Gasteiger partial charge on any atom is -0.458 e. The fourth-order valence-electron chi connectivity index (χ4n) is 4.36. The maximum absolute atomic E-state index is 12.2. The van der Waals surface area contributed by atoms with Crippen LogP contribution in [-0.2, 0) is 28.5 Å². The van der Waals surface area contributed by atoms with Crippen molar-refractivity contribution in [3.8, 4) is 0 Å². The lowest BCUT2D eigenvalue weighted by molar-refractivity contribution is -0.165. The van der Waals surface area contributed by atoms with E-state index >= 15 is 0 Å². The number of aliphatic hydroxyl groups excluding tert-OH is 1. The van der Waals surface area contributed by atoms with Crippen LogP contribution in [0.25, 0.3) is 0 Å². The number of carbonyl (C=O) groups is 2. The van der Waals surface area contributed by atoms with Crippen molar-refractivity contribution < 1.29 is 33.6 Å². The predicted octanol–water partition coefficient (Wildman–Crippen LogP) is 1.25. The molecule has 0 saturated carbocycles. The second-order valence-electron chi connectivity index (χ2n) is 7.78. The second kappa shape index (κ2) is 6.18. The number of fused-ring (bicyclic) bond motifs is 4. The quantitative estimate of drug-likeness (QED) is 0.341. The van der Waals surface area contributed by atoms with Gasteiger partial charge in [-0.05, 0) is 31.4 Å². The van der Waals surface area contributed by atoms with E-state index in [1.54, 1.807) is 13.8 Å². The summed E-state index contributed by atoms with van der Waals surface area (Å²) in [6.45, 7) is 7.26. The lowest BCUT2D eigenvalue weighted by Crippen LogP contribution is -2.45. The van der Waals surface area contributed by atoms with Gasteiger partial charge in [0.25, 0.3) is 0 Å². The van der Waals surface area contributed by atoms with Crippen LogP contribution in [0.5, 0.6) is 0 Å². The van der Waals surface area contributed by atoms with Gasteiger partial charge in [0.2, 0.25) is 0 Å². The van der Waals surface area contributed by atoms with Gasteiger partial charge < -0.3 is 24.1 Å². The first-order chi connectivity index (χ1) is 12.3. The molecule has 4 heterocycles. The summed E-state index contributed by atoms with van der Waals surface area (Å²) in [7, 11) is 0. The molecule has 0 aromatic carbocycles. The summed E-state index contributed by atoms with van der Waals surface area (Å²) in [4.78, 5) is 24.4. The highest BCUT2D eigenvalue weighted by Crippen LogP contribution is 2.51. The molecule has 5 rings (SSSR count). The second-order valence-corrected chi connectivity index (χ2v) is 7.78. The minimum absolute atomic E-state index is 0.155. The summed E-state index contributed by atoms with van der Waals surface area (Å²) in [6.07, 6.45) is 1.25. The smallest absolute Gasteiger partial charge is 0.333 e. The van der Waals surface area contributed by atoms with Gasteiger partial charge in [0, 0.05) is 17.9 Å². The number of rotatable bonds is 2. The maximum Gasteiger partial charge on any atom is 0.333 e. The van der Waals surface area contributed by atoms with Crippen LogP contribution in [0.2, 0.25) is 0 Å². The molecule has 3 saturated heterocycles. The van der Waals surface area contributed by atoms with E-state index in [0.29, 0.717) is 0 Å². The van der Waals surface area contributed by atoms with E-state index in [1.807, 2.05) is 6.08 Å². The zero-order chi connectivity index (χ0) is 18.6. The Bertz CT molecular complexity index is 683. The predicted molar refractivity (Wildman–Crippen MR) is 88.7 cm³/mol. The monoisotopic (exact) mass is 364 g/mol. The number of ether oxygens (including phenoxy) is 4. The van der Waals surface area contributed by atoms with Crippen molar-refractivity contribution in [1.82, 2.24) is 0 Å². The molecular weight excluding hydrogens is 340 g/mol. The van der Waals surface area contributed by atoms with Crippen LogP contribution in [0.15, 0.2) is 23.8 Å². The summed E-state index contributed by atoms with van der Waals surface area (Å²) in [5.74, 6) is -1.60. The standard InChI is InChI=1S/C19H24O7/c1-9(2)16(20)25-13-7-19-14(26-19)5-4-11(8-23-18(19)22)6-12-15(13)10(3)17(21)24-12/h6,10,12-15,18,22H,1,4-5,7-8H2,2-3H3/b11-6-/t10-,12+,13-,14+,15-,18-,19+/m0/s1. The van der Waals surface area contributed by atoms with Gasteiger partial charge in [-0.15, -0.1) is 0 Å². The van der Waals surface area contributed by atoms with Crippen LogP contribution in [0.1, 0.15) is 33.1 Å². The molecule has 7 nitrogen and oxygen atoms in total. The highest BCUT2D eigenvalue weighted by Gasteiger charge is 2.65. The first-order valence-corrected chi connectivity index (χ1v) is 9.06. The number of epoxide rings is 1. The van der Waals surface area contributed by atoms with Crippen molar-refractivity contribution in [2.45, 2.75) is 63.3 Å². The van der Waals surface area contributed by atoms with Crippen LogP contribution < -0.4 is 0 Å². The Balaban J connectivity index is 1.75. The van der Waals surface area contributed by atoms with Crippen molar-refractivity contribution in [2.75, 3.05) is 6.61 Å². The Labute approximate surface area is 151 Å². The van der Waals surface area contributed by atoms with Crippen molar-refractivity contribution in [3.63, 3.8) is 0 Å². The maximum atomic E-state index is 12.2. The molecular formula is C19H24O7. The van der Waals surface area contributed by atoms with Crippen molar-refractivity contribution in [1.29, 1.82) is 0 Å². The Kier molecular flexibility index (Phi) is 4.21. The van der Waals surface area contributed by atoms with E-state index in [2.05, 4.69) is 6.58 Å². The molecule has 0 aromatic heterocycles. The van der Waals surface area contributed by atoms with Crippen molar-refractivity contribution in [2.24, 2.45) is 11.8 Å². The summed E-state index contributed by atoms with van der Waals surface area (Å²) < 4.78 is 22.7. The third-order valence-electron chi connectivity index (χ3n) is 5.96. The fraction of sp³-hybridized carbons (Fsp3) is 0.684. The highest BCUT2D eigenvalue weighted by atomic mass is 16.7. The zero-order valence-corrected chi connectivity index (χ0v) is 15.0. The molecule has 1 aliphatic carbocycles. The molecule has 7 heteroatoms. The first-order valence-electron chi connectivity index (χ1n) is 9.06. The first kappa shape index (κ1) is 17.7. The number of carbonyl (C=O) groups excluding carboxylic acids is 2. The van der Waals surface area contributed by atoms with Crippen molar-refractivity contribution >= 4 is 11.9 Å². The topological polar surface area (TPSA) is 94.6 Å². The fourth-order valence-corrected chi connectivity index (χ4v) is 4.36. The van der Waals surface area contributed by atoms with Gasteiger partial charge in [0.05, 0.1) is 18.6 Å². The van der Waals surface area contributed by atoms with Crippen LogP contribution >= 0.6 is 0 Å². The third-order valence-corrected chi connectivity index (χ3v) is 5.96.